The molecule has 1 N–H and O–H groups in total. The van der Waals surface area contributed by atoms with E-state index in [1.807, 2.05) is 42.5 Å². The van der Waals surface area contributed by atoms with E-state index in [0.717, 1.165) is 42.8 Å². The predicted molar refractivity (Wildman–Crippen MR) is 104 cm³/mol. The van der Waals surface area contributed by atoms with Crippen LogP contribution in [0.15, 0.2) is 42.5 Å². The molecule has 3 aliphatic rings. The smallest absolute Gasteiger partial charge is 0.275 e. The summed E-state index contributed by atoms with van der Waals surface area (Å²) in [6.45, 7) is 1.72. The third-order valence-electron chi connectivity index (χ3n) is 5.65. The molecule has 5 nitrogen and oxygen atoms in total. The van der Waals surface area contributed by atoms with Gasteiger partial charge < -0.3 is 14.6 Å². The minimum atomic E-state index is -1.17. The van der Waals surface area contributed by atoms with Crippen molar-refractivity contribution in [3.8, 4) is 11.5 Å². The Morgan fingerprint density at radius 2 is 1.81 bits per heavy atom. The maximum absolute atomic E-state index is 11.9. The molecule has 0 aliphatic carbocycles. The number of rotatable bonds is 2. The van der Waals surface area contributed by atoms with E-state index in [1.165, 1.54) is 12.3 Å². The van der Waals surface area contributed by atoms with Crippen molar-refractivity contribution in [1.29, 1.82) is 0 Å². The SMILES string of the molecule is O[C@@]1(c2ccc3c(c2)OCO3)C[N+]2=C(CCCCC2)N1c1ccc(Cl)cc1. The zero-order chi connectivity index (χ0) is 18.4. The van der Waals surface area contributed by atoms with Crippen LogP contribution in [0.2, 0.25) is 5.02 Å². The summed E-state index contributed by atoms with van der Waals surface area (Å²) < 4.78 is 13.3. The molecule has 6 heteroatoms. The maximum Gasteiger partial charge on any atom is 0.275 e. The van der Waals surface area contributed by atoms with Gasteiger partial charge in [-0.05, 0) is 61.7 Å². The van der Waals surface area contributed by atoms with E-state index >= 15 is 0 Å². The lowest BCUT2D eigenvalue weighted by Gasteiger charge is -2.29. The lowest BCUT2D eigenvalue weighted by atomic mass is 9.99. The van der Waals surface area contributed by atoms with Gasteiger partial charge >= 0.3 is 0 Å². The molecule has 1 atom stereocenters. The van der Waals surface area contributed by atoms with Crippen molar-refractivity contribution < 1.29 is 19.2 Å². The van der Waals surface area contributed by atoms with Crippen molar-refractivity contribution in [1.82, 2.24) is 0 Å². The summed E-state index contributed by atoms with van der Waals surface area (Å²) in [4.78, 5) is 2.08. The van der Waals surface area contributed by atoms with Crippen LogP contribution < -0.4 is 14.4 Å². The lowest BCUT2D eigenvalue weighted by molar-refractivity contribution is -0.534. The highest BCUT2D eigenvalue weighted by Gasteiger charge is 2.54. The molecular weight excluding hydrogens is 364 g/mol. The van der Waals surface area contributed by atoms with Crippen LogP contribution in [0.1, 0.15) is 31.2 Å². The van der Waals surface area contributed by atoms with Crippen LogP contribution in [-0.4, -0.2) is 35.4 Å². The molecule has 3 aliphatic heterocycles. The fraction of sp³-hybridized carbons (Fsp3) is 0.381. The minimum absolute atomic E-state index is 0.224. The number of aliphatic hydroxyl groups is 1. The Kier molecular flexibility index (Phi) is 4.02. The summed E-state index contributed by atoms with van der Waals surface area (Å²) in [6.07, 6.45) is 4.45. The molecule has 2 aromatic rings. The summed E-state index contributed by atoms with van der Waals surface area (Å²) in [7, 11) is 0. The van der Waals surface area contributed by atoms with Crippen molar-refractivity contribution in [2.45, 2.75) is 31.4 Å². The average molecular weight is 386 g/mol. The Hall–Kier alpha value is -2.24. The van der Waals surface area contributed by atoms with Gasteiger partial charge in [0.2, 0.25) is 6.79 Å². The van der Waals surface area contributed by atoms with Crippen LogP contribution in [0.4, 0.5) is 5.69 Å². The van der Waals surface area contributed by atoms with E-state index < -0.39 is 5.72 Å². The topological polar surface area (TPSA) is 44.9 Å². The summed E-state index contributed by atoms with van der Waals surface area (Å²) in [5.74, 6) is 2.58. The molecule has 0 amide bonds. The Bertz CT molecular complexity index is 912. The van der Waals surface area contributed by atoms with Crippen LogP contribution in [0, 0.1) is 0 Å². The number of fused-ring (bicyclic) bond motifs is 1. The van der Waals surface area contributed by atoms with Crippen molar-refractivity contribution >= 4 is 23.1 Å². The zero-order valence-corrected chi connectivity index (χ0v) is 15.8. The van der Waals surface area contributed by atoms with Gasteiger partial charge in [-0.15, -0.1) is 0 Å². The van der Waals surface area contributed by atoms with Gasteiger partial charge in [-0.2, -0.15) is 4.90 Å². The highest BCUT2D eigenvalue weighted by molar-refractivity contribution is 6.30. The number of hydrogen-bond acceptors (Lipinski definition) is 4. The quantitative estimate of drug-likeness (QED) is 0.800. The molecule has 0 saturated carbocycles. The van der Waals surface area contributed by atoms with Crippen molar-refractivity contribution in [2.24, 2.45) is 0 Å². The molecule has 0 bridgehead atoms. The average Bonchev–Trinajstić information content (AvgIpc) is 3.18. The van der Waals surface area contributed by atoms with Gasteiger partial charge in [0.25, 0.3) is 11.6 Å². The molecule has 5 rings (SSSR count). The molecule has 3 heterocycles. The van der Waals surface area contributed by atoms with Crippen LogP contribution in [0.25, 0.3) is 0 Å². The number of benzene rings is 2. The zero-order valence-electron chi connectivity index (χ0n) is 15.0. The third-order valence-corrected chi connectivity index (χ3v) is 5.90. The molecule has 2 aromatic carbocycles. The second-order valence-corrected chi connectivity index (χ2v) is 7.78. The van der Waals surface area contributed by atoms with Crippen LogP contribution in [0.5, 0.6) is 11.5 Å². The van der Waals surface area contributed by atoms with E-state index in [4.69, 9.17) is 21.1 Å². The standard InChI is InChI=1S/C21H22ClN2O3/c22-16-6-8-17(9-7-16)24-20-4-2-1-3-11-23(20)13-21(24,25)15-5-10-18-19(12-15)27-14-26-18/h5-10,12,25H,1-4,11,13-14H2/q+1/t21-/m1/s1. The first-order valence-corrected chi connectivity index (χ1v) is 9.82. The highest BCUT2D eigenvalue weighted by atomic mass is 35.5. The molecule has 0 saturated heterocycles. The second-order valence-electron chi connectivity index (χ2n) is 7.34. The molecule has 27 heavy (non-hydrogen) atoms. The van der Waals surface area contributed by atoms with Crippen LogP contribution >= 0.6 is 11.6 Å². The first-order chi connectivity index (χ1) is 13.1. The third kappa shape index (κ3) is 2.77. The monoisotopic (exact) mass is 385 g/mol. The van der Waals surface area contributed by atoms with Gasteiger partial charge in [-0.1, -0.05) is 11.6 Å². The molecule has 0 spiro atoms. The van der Waals surface area contributed by atoms with E-state index in [2.05, 4.69) is 9.48 Å². The maximum atomic E-state index is 11.9. The molecule has 0 aromatic heterocycles. The second kappa shape index (κ2) is 6.43. The summed E-state index contributed by atoms with van der Waals surface area (Å²) in [5.41, 5.74) is 0.586. The Morgan fingerprint density at radius 1 is 1.00 bits per heavy atom. The van der Waals surface area contributed by atoms with E-state index in [9.17, 15) is 5.11 Å². The Labute approximate surface area is 163 Å². The van der Waals surface area contributed by atoms with Gasteiger partial charge in [0.1, 0.15) is 5.69 Å². The lowest BCUT2D eigenvalue weighted by Crippen LogP contribution is -2.47. The molecule has 0 fully saturated rings. The first kappa shape index (κ1) is 16.9. The number of amidine groups is 1. The molecule has 0 radical (unpaired) electrons. The summed E-state index contributed by atoms with van der Waals surface area (Å²) in [5, 5.41) is 12.6. The molecule has 140 valence electrons. The fourth-order valence-corrected chi connectivity index (χ4v) is 4.47. The highest BCUT2D eigenvalue weighted by Crippen LogP contribution is 2.42. The number of hydrogen-bond donors (Lipinski definition) is 1. The number of nitrogens with zero attached hydrogens (tertiary/aromatic N) is 2. The number of ether oxygens (including phenoxy) is 2. The molecular formula is C21H22ClN2O3+. The van der Waals surface area contributed by atoms with E-state index in [0.29, 0.717) is 17.3 Å². The van der Waals surface area contributed by atoms with Crippen molar-refractivity contribution in [3.05, 3.63) is 53.1 Å². The normalized spacial score (nSPS) is 24.1. The van der Waals surface area contributed by atoms with Crippen molar-refractivity contribution in [3.63, 3.8) is 0 Å². The summed E-state index contributed by atoms with van der Waals surface area (Å²) >= 11 is 6.11. The fourth-order valence-electron chi connectivity index (χ4n) is 4.34. The van der Waals surface area contributed by atoms with Crippen molar-refractivity contribution in [2.75, 3.05) is 24.8 Å². The van der Waals surface area contributed by atoms with Gasteiger partial charge in [0.05, 0.1) is 6.54 Å². The van der Waals surface area contributed by atoms with Gasteiger partial charge in [0.15, 0.2) is 18.0 Å². The Morgan fingerprint density at radius 3 is 2.67 bits per heavy atom. The van der Waals surface area contributed by atoms with Crippen LogP contribution in [-0.2, 0) is 5.72 Å². The first-order valence-electron chi connectivity index (χ1n) is 9.44. The summed E-state index contributed by atoms with van der Waals surface area (Å²) in [6, 6.07) is 13.4. The van der Waals surface area contributed by atoms with Gasteiger partial charge in [0, 0.05) is 17.0 Å². The largest absolute Gasteiger partial charge is 0.454 e. The van der Waals surface area contributed by atoms with Crippen LogP contribution in [0.3, 0.4) is 0 Å². The molecule has 0 unspecified atom stereocenters. The Balaban J connectivity index is 1.62. The van der Waals surface area contributed by atoms with Gasteiger partial charge in [-0.25, -0.2) is 0 Å². The van der Waals surface area contributed by atoms with Gasteiger partial charge in [-0.3, -0.25) is 4.58 Å². The van der Waals surface area contributed by atoms with E-state index in [1.54, 1.807) is 0 Å². The predicted octanol–water partition coefficient (Wildman–Crippen LogP) is 3.72. The minimum Gasteiger partial charge on any atom is -0.454 e. The number of halogens is 1. The number of anilines is 1. The van der Waals surface area contributed by atoms with E-state index in [-0.39, 0.29) is 6.79 Å².